The van der Waals surface area contributed by atoms with E-state index in [1.165, 1.54) is 0 Å². The van der Waals surface area contributed by atoms with Gasteiger partial charge in [-0.15, -0.1) is 0 Å². The Morgan fingerprint density at radius 2 is 2.11 bits per heavy atom. The van der Waals surface area contributed by atoms with E-state index in [4.69, 9.17) is 4.52 Å². The van der Waals surface area contributed by atoms with E-state index in [2.05, 4.69) is 10.1 Å². The highest BCUT2D eigenvalue weighted by Crippen LogP contribution is 2.30. The van der Waals surface area contributed by atoms with Crippen LogP contribution in [0.1, 0.15) is 42.5 Å². The number of benzene rings is 1. The maximum atomic E-state index is 11.6. The smallest absolute Gasteiger partial charge is 0.237 e. The van der Waals surface area contributed by atoms with Gasteiger partial charge >= 0.3 is 0 Å². The Balaban J connectivity index is 1.76. The van der Waals surface area contributed by atoms with Crippen LogP contribution >= 0.6 is 0 Å². The summed E-state index contributed by atoms with van der Waals surface area (Å²) in [5.74, 6) is 1.20. The van der Waals surface area contributed by atoms with E-state index in [0.717, 1.165) is 18.4 Å². The normalized spacial score (nSPS) is 19.3. The number of nitrogens with zero attached hydrogens (tertiary/aromatic N) is 2. The summed E-state index contributed by atoms with van der Waals surface area (Å²) in [5.41, 5.74) is 1.14. The zero-order chi connectivity index (χ0) is 12.4. The summed E-state index contributed by atoms with van der Waals surface area (Å²) < 4.78 is 5.21. The van der Waals surface area contributed by atoms with Crippen LogP contribution in [-0.2, 0) is 11.2 Å². The van der Waals surface area contributed by atoms with Crippen LogP contribution in [0.3, 0.4) is 0 Å². The molecule has 0 spiro atoms. The lowest BCUT2D eigenvalue weighted by atomic mass is 10.1. The Morgan fingerprint density at radius 3 is 2.83 bits per heavy atom. The van der Waals surface area contributed by atoms with Crippen molar-refractivity contribution >= 4 is 5.78 Å². The molecule has 1 aromatic heterocycles. The molecule has 1 saturated carbocycles. The standard InChI is InChI=1S/C14H14N2O2/c17-12-8-4-7-11(12)14-15-13(16-18-14)9-10-5-2-1-3-6-10/h1-3,5-6,11H,4,7-9H2. The molecule has 0 saturated heterocycles. The van der Waals surface area contributed by atoms with Crippen molar-refractivity contribution in [3.05, 3.63) is 47.6 Å². The quantitative estimate of drug-likeness (QED) is 0.829. The molecule has 2 aromatic rings. The summed E-state index contributed by atoms with van der Waals surface area (Å²) in [4.78, 5) is 16.0. The molecule has 0 radical (unpaired) electrons. The van der Waals surface area contributed by atoms with Gasteiger partial charge in [-0.1, -0.05) is 35.5 Å². The molecule has 0 aliphatic heterocycles. The summed E-state index contributed by atoms with van der Waals surface area (Å²) in [7, 11) is 0. The molecule has 18 heavy (non-hydrogen) atoms. The molecule has 4 nitrogen and oxygen atoms in total. The average molecular weight is 242 g/mol. The first-order chi connectivity index (χ1) is 8.83. The Labute approximate surface area is 105 Å². The summed E-state index contributed by atoms with van der Waals surface area (Å²) >= 11 is 0. The zero-order valence-corrected chi connectivity index (χ0v) is 10.0. The number of hydrogen-bond acceptors (Lipinski definition) is 4. The van der Waals surface area contributed by atoms with Gasteiger partial charge in [-0.05, 0) is 18.4 Å². The molecular formula is C14H14N2O2. The first kappa shape index (κ1) is 11.1. The van der Waals surface area contributed by atoms with Gasteiger partial charge in [0.25, 0.3) is 0 Å². The van der Waals surface area contributed by atoms with Gasteiger partial charge in [-0.2, -0.15) is 4.98 Å². The zero-order valence-electron chi connectivity index (χ0n) is 10.0. The molecule has 1 atom stereocenters. The second-order valence-corrected chi connectivity index (χ2v) is 4.62. The Hall–Kier alpha value is -1.97. The monoisotopic (exact) mass is 242 g/mol. The van der Waals surface area contributed by atoms with Crippen molar-refractivity contribution in [2.24, 2.45) is 0 Å². The largest absolute Gasteiger partial charge is 0.339 e. The van der Waals surface area contributed by atoms with Crippen LogP contribution in [0.15, 0.2) is 34.9 Å². The molecule has 0 amide bonds. The summed E-state index contributed by atoms with van der Waals surface area (Å²) in [6, 6.07) is 9.99. The van der Waals surface area contributed by atoms with Gasteiger partial charge in [-0.25, -0.2) is 0 Å². The Morgan fingerprint density at radius 1 is 1.28 bits per heavy atom. The number of ketones is 1. The first-order valence-corrected chi connectivity index (χ1v) is 6.22. The predicted molar refractivity (Wildman–Crippen MR) is 65.1 cm³/mol. The molecule has 1 aliphatic rings. The average Bonchev–Trinajstić information content (AvgIpc) is 2.99. The van der Waals surface area contributed by atoms with E-state index in [1.807, 2.05) is 30.3 Å². The van der Waals surface area contributed by atoms with E-state index in [-0.39, 0.29) is 11.7 Å². The van der Waals surface area contributed by atoms with Crippen molar-refractivity contribution in [3.63, 3.8) is 0 Å². The molecule has 1 heterocycles. The first-order valence-electron chi connectivity index (χ1n) is 6.22. The van der Waals surface area contributed by atoms with Crippen molar-refractivity contribution in [1.29, 1.82) is 0 Å². The Bertz CT molecular complexity index is 548. The van der Waals surface area contributed by atoms with E-state index >= 15 is 0 Å². The lowest BCUT2D eigenvalue weighted by Crippen LogP contribution is -2.04. The van der Waals surface area contributed by atoms with Crippen LogP contribution in [-0.4, -0.2) is 15.9 Å². The SMILES string of the molecule is O=C1CCCC1c1nc(Cc2ccccc2)no1. The third-order valence-electron chi connectivity index (χ3n) is 3.29. The van der Waals surface area contributed by atoms with Gasteiger partial charge in [0.2, 0.25) is 5.89 Å². The van der Waals surface area contributed by atoms with Crippen molar-refractivity contribution in [2.75, 3.05) is 0 Å². The minimum absolute atomic E-state index is 0.165. The van der Waals surface area contributed by atoms with Gasteiger partial charge in [0.15, 0.2) is 5.82 Å². The van der Waals surface area contributed by atoms with Crippen LogP contribution in [0, 0.1) is 0 Å². The van der Waals surface area contributed by atoms with Crippen LogP contribution in [0.4, 0.5) is 0 Å². The van der Waals surface area contributed by atoms with E-state index < -0.39 is 0 Å². The highest BCUT2D eigenvalue weighted by Gasteiger charge is 2.30. The molecule has 1 aromatic carbocycles. The maximum Gasteiger partial charge on any atom is 0.237 e. The molecule has 1 aliphatic carbocycles. The fourth-order valence-electron chi connectivity index (χ4n) is 2.34. The number of rotatable bonds is 3. The van der Waals surface area contributed by atoms with Crippen LogP contribution in [0.2, 0.25) is 0 Å². The fraction of sp³-hybridized carbons (Fsp3) is 0.357. The van der Waals surface area contributed by atoms with Gasteiger partial charge in [0.1, 0.15) is 5.78 Å². The highest BCUT2D eigenvalue weighted by atomic mass is 16.5. The van der Waals surface area contributed by atoms with Crippen molar-refractivity contribution in [1.82, 2.24) is 10.1 Å². The van der Waals surface area contributed by atoms with E-state index in [1.54, 1.807) is 0 Å². The van der Waals surface area contributed by atoms with E-state index in [0.29, 0.717) is 24.6 Å². The molecule has 4 heteroatoms. The molecule has 0 bridgehead atoms. The van der Waals surface area contributed by atoms with Crippen LogP contribution in [0.5, 0.6) is 0 Å². The van der Waals surface area contributed by atoms with Gasteiger partial charge in [0, 0.05) is 12.8 Å². The summed E-state index contributed by atoms with van der Waals surface area (Å²) in [6.45, 7) is 0. The number of aromatic nitrogens is 2. The molecule has 0 N–H and O–H groups in total. The molecule has 1 fully saturated rings. The minimum Gasteiger partial charge on any atom is -0.339 e. The number of carbonyl (C=O) groups excluding carboxylic acids is 1. The predicted octanol–water partition coefficient (Wildman–Crippen LogP) is 2.50. The van der Waals surface area contributed by atoms with Gasteiger partial charge < -0.3 is 4.52 Å². The Kier molecular flexibility index (Phi) is 2.92. The third kappa shape index (κ3) is 2.18. The number of hydrogen-bond donors (Lipinski definition) is 0. The highest BCUT2D eigenvalue weighted by molar-refractivity contribution is 5.86. The molecule has 1 unspecified atom stereocenters. The number of Topliss-reactive ketones (excluding diaryl/α,β-unsaturated/α-hetero) is 1. The minimum atomic E-state index is -0.165. The van der Waals surface area contributed by atoms with Gasteiger partial charge in [0.05, 0.1) is 5.92 Å². The molecule has 3 rings (SSSR count). The summed E-state index contributed by atoms with van der Waals surface area (Å²) in [6.07, 6.45) is 3.05. The van der Waals surface area contributed by atoms with Crippen molar-refractivity contribution in [3.8, 4) is 0 Å². The lowest BCUT2D eigenvalue weighted by molar-refractivity contribution is -0.119. The third-order valence-corrected chi connectivity index (χ3v) is 3.29. The second-order valence-electron chi connectivity index (χ2n) is 4.62. The van der Waals surface area contributed by atoms with E-state index in [9.17, 15) is 4.79 Å². The molecule has 92 valence electrons. The second kappa shape index (κ2) is 4.72. The number of carbonyl (C=O) groups is 1. The fourth-order valence-corrected chi connectivity index (χ4v) is 2.34. The molecular weight excluding hydrogens is 228 g/mol. The van der Waals surface area contributed by atoms with Gasteiger partial charge in [-0.3, -0.25) is 4.79 Å². The van der Waals surface area contributed by atoms with Crippen molar-refractivity contribution in [2.45, 2.75) is 31.6 Å². The lowest BCUT2D eigenvalue weighted by Gasteiger charge is -1.98. The van der Waals surface area contributed by atoms with Crippen molar-refractivity contribution < 1.29 is 9.32 Å². The topological polar surface area (TPSA) is 56.0 Å². The van der Waals surface area contributed by atoms with Crippen LogP contribution < -0.4 is 0 Å². The summed E-state index contributed by atoms with van der Waals surface area (Å²) in [5, 5.41) is 3.95. The maximum absolute atomic E-state index is 11.6. The van der Waals surface area contributed by atoms with Crippen LogP contribution in [0.25, 0.3) is 0 Å².